The predicted molar refractivity (Wildman–Crippen MR) is 83.3 cm³/mol. The first-order valence-corrected chi connectivity index (χ1v) is 7.44. The van der Waals surface area contributed by atoms with E-state index in [9.17, 15) is 0 Å². The number of ether oxygens (including phenoxy) is 1. The molecule has 0 aromatic heterocycles. The van der Waals surface area contributed by atoms with Crippen LogP contribution in [0, 0.1) is 0 Å². The van der Waals surface area contributed by atoms with Crippen molar-refractivity contribution in [1.29, 1.82) is 0 Å². The van der Waals surface area contributed by atoms with E-state index in [0.717, 1.165) is 43.7 Å². The molecule has 2 heteroatoms. The highest BCUT2D eigenvalue weighted by Crippen LogP contribution is 2.27. The Balaban J connectivity index is 2.97. The van der Waals surface area contributed by atoms with Crippen molar-refractivity contribution < 1.29 is 4.74 Å². The van der Waals surface area contributed by atoms with E-state index in [1.807, 2.05) is 30.3 Å². The molecule has 1 unspecified atom stereocenters. The number of para-hydroxylation sites is 1. The van der Waals surface area contributed by atoms with Gasteiger partial charge in [0.1, 0.15) is 11.4 Å². The van der Waals surface area contributed by atoms with Gasteiger partial charge in [0.05, 0.1) is 5.71 Å². The summed E-state index contributed by atoms with van der Waals surface area (Å²) in [6.45, 7) is 9.53. The van der Waals surface area contributed by atoms with Crippen LogP contribution in [0.25, 0.3) is 0 Å². The van der Waals surface area contributed by atoms with E-state index >= 15 is 0 Å². The SMILES string of the molecule is CCCN=C(C)C(CC)(CCC)Oc1ccccc1. The Morgan fingerprint density at radius 2 is 1.79 bits per heavy atom. The Kier molecular flexibility index (Phi) is 6.61. The number of rotatable bonds is 8. The third-order valence-electron chi connectivity index (χ3n) is 3.51. The van der Waals surface area contributed by atoms with E-state index in [2.05, 4.69) is 27.7 Å². The number of hydrogen-bond acceptors (Lipinski definition) is 2. The van der Waals surface area contributed by atoms with Crippen LogP contribution in [0.15, 0.2) is 35.3 Å². The molecular weight excluding hydrogens is 234 g/mol. The van der Waals surface area contributed by atoms with Crippen LogP contribution in [0.3, 0.4) is 0 Å². The first kappa shape index (κ1) is 15.7. The van der Waals surface area contributed by atoms with Crippen LogP contribution in [0.5, 0.6) is 5.75 Å². The van der Waals surface area contributed by atoms with E-state index in [4.69, 9.17) is 9.73 Å². The van der Waals surface area contributed by atoms with Crippen molar-refractivity contribution in [3.05, 3.63) is 30.3 Å². The number of benzene rings is 1. The van der Waals surface area contributed by atoms with E-state index in [1.165, 1.54) is 0 Å². The molecule has 0 heterocycles. The molecule has 106 valence electrons. The highest BCUT2D eigenvalue weighted by molar-refractivity contribution is 5.90. The van der Waals surface area contributed by atoms with E-state index in [1.54, 1.807) is 0 Å². The van der Waals surface area contributed by atoms with Gasteiger partial charge in [-0.2, -0.15) is 0 Å². The summed E-state index contributed by atoms with van der Waals surface area (Å²) < 4.78 is 6.32. The Bertz CT molecular complexity index is 386. The average molecular weight is 261 g/mol. The number of hydrogen-bond donors (Lipinski definition) is 0. The van der Waals surface area contributed by atoms with Crippen molar-refractivity contribution in [3.8, 4) is 5.75 Å². The Morgan fingerprint density at radius 1 is 1.11 bits per heavy atom. The molecule has 0 radical (unpaired) electrons. The second kappa shape index (κ2) is 7.98. The van der Waals surface area contributed by atoms with Crippen LogP contribution in [-0.2, 0) is 0 Å². The zero-order valence-electron chi connectivity index (χ0n) is 12.8. The first-order valence-electron chi connectivity index (χ1n) is 7.44. The fourth-order valence-electron chi connectivity index (χ4n) is 2.35. The maximum atomic E-state index is 6.32. The fraction of sp³-hybridized carbons (Fsp3) is 0.588. The normalized spacial score (nSPS) is 15.1. The quantitative estimate of drug-likeness (QED) is 0.611. The summed E-state index contributed by atoms with van der Waals surface area (Å²) in [6, 6.07) is 10.1. The molecule has 1 atom stereocenters. The minimum Gasteiger partial charge on any atom is -0.481 e. The standard InChI is InChI=1S/C17H27NO/c1-5-13-17(7-3,15(4)18-14-6-2)19-16-11-9-8-10-12-16/h8-12H,5-7,13-14H2,1-4H3. The van der Waals surface area contributed by atoms with Gasteiger partial charge in [-0.1, -0.05) is 45.4 Å². The van der Waals surface area contributed by atoms with Gasteiger partial charge >= 0.3 is 0 Å². The van der Waals surface area contributed by atoms with Crippen molar-refractivity contribution in [1.82, 2.24) is 0 Å². The summed E-state index contributed by atoms with van der Waals surface area (Å²) in [4.78, 5) is 4.69. The van der Waals surface area contributed by atoms with Crippen LogP contribution in [-0.4, -0.2) is 17.9 Å². The monoisotopic (exact) mass is 261 g/mol. The molecule has 2 nitrogen and oxygen atoms in total. The van der Waals surface area contributed by atoms with Crippen LogP contribution in [0.1, 0.15) is 53.4 Å². The van der Waals surface area contributed by atoms with Gasteiger partial charge in [-0.05, 0) is 38.3 Å². The highest BCUT2D eigenvalue weighted by atomic mass is 16.5. The maximum Gasteiger partial charge on any atom is 0.146 e. The van der Waals surface area contributed by atoms with Crippen molar-refractivity contribution >= 4 is 5.71 Å². The van der Waals surface area contributed by atoms with Crippen molar-refractivity contribution in [2.24, 2.45) is 4.99 Å². The lowest BCUT2D eigenvalue weighted by atomic mass is 9.89. The Morgan fingerprint density at radius 3 is 2.32 bits per heavy atom. The lowest BCUT2D eigenvalue weighted by Gasteiger charge is -2.33. The van der Waals surface area contributed by atoms with Crippen LogP contribution in [0.4, 0.5) is 0 Å². The van der Waals surface area contributed by atoms with Crippen molar-refractivity contribution in [3.63, 3.8) is 0 Å². The van der Waals surface area contributed by atoms with Gasteiger partial charge in [-0.15, -0.1) is 0 Å². The third kappa shape index (κ3) is 4.38. The summed E-state index contributed by atoms with van der Waals surface area (Å²) in [7, 11) is 0. The molecule has 0 spiro atoms. The van der Waals surface area contributed by atoms with Crippen molar-refractivity contribution in [2.75, 3.05) is 6.54 Å². The third-order valence-corrected chi connectivity index (χ3v) is 3.51. The highest BCUT2D eigenvalue weighted by Gasteiger charge is 2.32. The largest absolute Gasteiger partial charge is 0.481 e. The summed E-state index contributed by atoms with van der Waals surface area (Å²) in [6.07, 6.45) is 4.14. The van der Waals surface area contributed by atoms with Gasteiger partial charge in [0.2, 0.25) is 0 Å². The van der Waals surface area contributed by atoms with E-state index in [0.29, 0.717) is 0 Å². The van der Waals surface area contributed by atoms with E-state index in [-0.39, 0.29) is 5.60 Å². The van der Waals surface area contributed by atoms with Gasteiger partial charge in [-0.25, -0.2) is 0 Å². The van der Waals surface area contributed by atoms with Gasteiger partial charge in [0, 0.05) is 6.54 Å². The van der Waals surface area contributed by atoms with Gasteiger partial charge in [0.25, 0.3) is 0 Å². The average Bonchev–Trinajstić information content (AvgIpc) is 2.45. The molecular formula is C17H27NO. The molecule has 0 saturated heterocycles. The summed E-state index contributed by atoms with van der Waals surface area (Å²) in [5, 5.41) is 0. The molecule has 1 aromatic rings. The van der Waals surface area contributed by atoms with Crippen LogP contribution in [0.2, 0.25) is 0 Å². The number of aliphatic imine (C=N–C) groups is 1. The predicted octanol–water partition coefficient (Wildman–Crippen LogP) is 4.89. The topological polar surface area (TPSA) is 21.6 Å². The molecule has 19 heavy (non-hydrogen) atoms. The molecule has 0 bridgehead atoms. The fourth-order valence-corrected chi connectivity index (χ4v) is 2.35. The molecule has 0 aliphatic heterocycles. The van der Waals surface area contributed by atoms with Crippen LogP contribution < -0.4 is 4.74 Å². The summed E-state index contributed by atoms with van der Waals surface area (Å²) >= 11 is 0. The molecule has 0 N–H and O–H groups in total. The Labute approximate surface area is 117 Å². The molecule has 0 amide bonds. The molecule has 1 rings (SSSR count). The minimum absolute atomic E-state index is 0.245. The second-order valence-corrected chi connectivity index (χ2v) is 4.98. The zero-order chi connectivity index (χ0) is 14.1. The zero-order valence-corrected chi connectivity index (χ0v) is 12.8. The minimum atomic E-state index is -0.245. The van der Waals surface area contributed by atoms with Crippen molar-refractivity contribution in [2.45, 2.75) is 59.0 Å². The summed E-state index contributed by atoms with van der Waals surface area (Å²) in [5.41, 5.74) is 0.883. The molecule has 0 aliphatic carbocycles. The molecule has 0 fully saturated rings. The second-order valence-electron chi connectivity index (χ2n) is 4.98. The van der Waals surface area contributed by atoms with Gasteiger partial charge < -0.3 is 4.74 Å². The Hall–Kier alpha value is -1.31. The number of nitrogens with zero attached hydrogens (tertiary/aromatic N) is 1. The lowest BCUT2D eigenvalue weighted by molar-refractivity contribution is 0.124. The van der Waals surface area contributed by atoms with Gasteiger partial charge in [0.15, 0.2) is 0 Å². The maximum absolute atomic E-state index is 6.32. The molecule has 0 aliphatic rings. The van der Waals surface area contributed by atoms with Gasteiger partial charge in [-0.3, -0.25) is 4.99 Å². The molecule has 1 aromatic carbocycles. The summed E-state index contributed by atoms with van der Waals surface area (Å²) in [5.74, 6) is 0.934. The first-order chi connectivity index (χ1) is 9.18. The van der Waals surface area contributed by atoms with Crippen LogP contribution >= 0.6 is 0 Å². The smallest absolute Gasteiger partial charge is 0.146 e. The van der Waals surface area contributed by atoms with E-state index < -0.39 is 0 Å². The lowest BCUT2D eigenvalue weighted by Crippen LogP contribution is -2.43. The molecule has 0 saturated carbocycles.